The maximum Gasteiger partial charge on any atom is 0.321 e. The van der Waals surface area contributed by atoms with Gasteiger partial charge in [-0.15, -0.1) is 0 Å². The molecule has 5 aliphatic heterocycles. The van der Waals surface area contributed by atoms with Crippen molar-refractivity contribution in [3.8, 4) is 0 Å². The fourth-order valence-corrected chi connectivity index (χ4v) is 8.37. The number of fused-ring (bicyclic) bond motifs is 5. The summed E-state index contributed by atoms with van der Waals surface area (Å²) < 4.78 is 11.0. The Labute approximate surface area is 349 Å². The number of aliphatic imine (C=N–C) groups is 3. The van der Waals surface area contributed by atoms with Crippen LogP contribution in [0.2, 0.25) is 0 Å². The lowest BCUT2D eigenvalue weighted by atomic mass is 9.92. The van der Waals surface area contributed by atoms with E-state index in [2.05, 4.69) is 70.8 Å². The standard InChI is InChI=1S/C50H58N4O5/c1-12-34-30(7)37-24-39-32(9)36(20-21-43(55)59-23-22-29(6)19-15-18-28(5)17-14-16-27(3)4)47(53-39)45-46(50(57)58-11)49(56)44-33(10)40(54-48(44)45)26-42-35(13-2)31(8)38(52-42)25-41(34)51-37/h12-13,16,18,22,24-26,31,46,52,56H,1,14-15,17,19-21,23H2,2-11H3/b28-18+,29-22+,35-13+,37-24?,38-25?,42-26?,47-45?/t31-,46-/m1/s1. The van der Waals surface area contributed by atoms with Crippen LogP contribution in [0.4, 0.5) is 0 Å². The zero-order chi connectivity index (χ0) is 42.7. The Kier molecular flexibility index (Phi) is 13.0. The Balaban J connectivity index is 1.35. The molecule has 0 aromatic carbocycles. The highest BCUT2D eigenvalue weighted by molar-refractivity contribution is 6.25. The Morgan fingerprint density at radius 2 is 1.61 bits per heavy atom. The van der Waals surface area contributed by atoms with Gasteiger partial charge < -0.3 is 19.9 Å². The lowest BCUT2D eigenvalue weighted by Crippen LogP contribution is -2.21. The van der Waals surface area contributed by atoms with E-state index in [1.165, 1.54) is 23.8 Å². The van der Waals surface area contributed by atoms with Crippen molar-refractivity contribution in [3.63, 3.8) is 0 Å². The quantitative estimate of drug-likeness (QED) is 0.141. The Morgan fingerprint density at radius 3 is 2.29 bits per heavy atom. The highest BCUT2D eigenvalue weighted by atomic mass is 16.5. The number of carbonyl (C=O) groups excluding carboxylic acids is 2. The molecule has 2 atom stereocenters. The van der Waals surface area contributed by atoms with E-state index in [0.29, 0.717) is 40.4 Å². The molecule has 9 heteroatoms. The third-order valence-corrected chi connectivity index (χ3v) is 11.9. The van der Waals surface area contributed by atoms with Gasteiger partial charge in [0.15, 0.2) is 0 Å². The number of aliphatic hydroxyl groups is 1. The average Bonchev–Trinajstić information content (AvgIpc) is 3.94. The second-order valence-electron chi connectivity index (χ2n) is 16.2. The zero-order valence-electron chi connectivity index (χ0n) is 36.4. The minimum absolute atomic E-state index is 0.0618. The molecule has 0 aromatic rings. The molecule has 1 fully saturated rings. The van der Waals surface area contributed by atoms with Crippen LogP contribution in [0.15, 0.2) is 166 Å². The minimum atomic E-state index is -1.14. The Bertz CT molecular complexity index is 2380. The van der Waals surface area contributed by atoms with Crippen LogP contribution in [-0.2, 0) is 19.1 Å². The number of methoxy groups -OCH3 is 1. The van der Waals surface area contributed by atoms with E-state index in [9.17, 15) is 14.7 Å². The number of hydrogen-bond donors (Lipinski definition) is 2. The van der Waals surface area contributed by atoms with Crippen LogP contribution in [0.25, 0.3) is 0 Å². The van der Waals surface area contributed by atoms with Crippen molar-refractivity contribution >= 4 is 29.1 Å². The van der Waals surface area contributed by atoms with Crippen LogP contribution >= 0.6 is 0 Å². The largest absolute Gasteiger partial charge is 0.510 e. The molecular formula is C50H58N4O5. The minimum Gasteiger partial charge on any atom is -0.510 e. The molecule has 1 aliphatic carbocycles. The summed E-state index contributed by atoms with van der Waals surface area (Å²) in [5.74, 6) is -2.17. The molecule has 8 bridgehead atoms. The number of aliphatic hydroxyl groups excluding tert-OH is 1. The Morgan fingerprint density at radius 1 is 0.898 bits per heavy atom. The average molecular weight is 795 g/mol. The molecule has 9 nitrogen and oxygen atoms in total. The number of esters is 2. The molecule has 308 valence electrons. The van der Waals surface area contributed by atoms with Gasteiger partial charge in [0.2, 0.25) is 0 Å². The van der Waals surface area contributed by atoms with E-state index in [1.54, 1.807) is 0 Å². The molecule has 0 spiro atoms. The van der Waals surface area contributed by atoms with Crippen molar-refractivity contribution in [1.82, 2.24) is 5.32 Å². The lowest BCUT2D eigenvalue weighted by molar-refractivity contribution is -0.144. The molecule has 5 heterocycles. The first-order valence-electron chi connectivity index (χ1n) is 20.6. The number of rotatable bonds is 13. The van der Waals surface area contributed by atoms with E-state index >= 15 is 0 Å². The van der Waals surface area contributed by atoms with Crippen LogP contribution in [0.1, 0.15) is 101 Å². The number of nitrogens with one attached hydrogen (secondary N) is 1. The van der Waals surface area contributed by atoms with Crippen LogP contribution < -0.4 is 5.32 Å². The van der Waals surface area contributed by atoms with Crippen LogP contribution in [-0.4, -0.2) is 47.9 Å². The second kappa shape index (κ2) is 18.0. The predicted molar refractivity (Wildman–Crippen MR) is 239 cm³/mol. The SMILES string of the molecule is C=CC1=C(C)C2=CC3=NC(=C4C5=NC(=C(C)C5=C(O)[C@@H]4C(=O)OC)C=C4NC(=CC1=N2)[C@H](C)/C4=C\C)C(CCC(=O)OC/C=C(\C)CC/C=C(\C)CCC=C(C)C)=C3C. The van der Waals surface area contributed by atoms with Gasteiger partial charge in [-0.2, -0.15) is 0 Å². The first-order valence-corrected chi connectivity index (χ1v) is 20.6. The highest BCUT2D eigenvalue weighted by Gasteiger charge is 2.47. The number of hydrogen-bond acceptors (Lipinski definition) is 9. The van der Waals surface area contributed by atoms with Crippen molar-refractivity contribution in [3.05, 3.63) is 151 Å². The summed E-state index contributed by atoms with van der Waals surface area (Å²) in [4.78, 5) is 42.2. The number of carbonyl (C=O) groups is 2. The fourth-order valence-electron chi connectivity index (χ4n) is 8.37. The van der Waals surface area contributed by atoms with E-state index in [4.69, 9.17) is 24.5 Å². The molecule has 6 rings (SSSR count). The molecule has 1 saturated heterocycles. The monoisotopic (exact) mass is 794 g/mol. The maximum atomic E-state index is 13.6. The van der Waals surface area contributed by atoms with Crippen molar-refractivity contribution in [1.29, 1.82) is 0 Å². The van der Waals surface area contributed by atoms with E-state index in [1.807, 2.05) is 52.0 Å². The summed E-state index contributed by atoms with van der Waals surface area (Å²) in [7, 11) is 1.31. The molecule has 6 aliphatic rings. The lowest BCUT2D eigenvalue weighted by Gasteiger charge is -2.15. The molecule has 0 aromatic heterocycles. The fraction of sp³-hybridized carbons (Fsp3) is 0.380. The van der Waals surface area contributed by atoms with Gasteiger partial charge in [0, 0.05) is 40.5 Å². The summed E-state index contributed by atoms with van der Waals surface area (Å²) in [6, 6.07) is 0. The predicted octanol–water partition coefficient (Wildman–Crippen LogP) is 10.9. The Hall–Kier alpha value is -5.83. The summed E-state index contributed by atoms with van der Waals surface area (Å²) in [5, 5.41) is 15.5. The van der Waals surface area contributed by atoms with Gasteiger partial charge in [-0.1, -0.05) is 54.5 Å². The van der Waals surface area contributed by atoms with Gasteiger partial charge in [0.1, 0.15) is 18.3 Å². The van der Waals surface area contributed by atoms with Gasteiger partial charge in [-0.05, 0) is 140 Å². The summed E-state index contributed by atoms with van der Waals surface area (Å²) in [6.07, 6.45) is 20.8. The van der Waals surface area contributed by atoms with E-state index < -0.39 is 11.9 Å². The van der Waals surface area contributed by atoms with Gasteiger partial charge >= 0.3 is 11.9 Å². The molecule has 59 heavy (non-hydrogen) atoms. The van der Waals surface area contributed by atoms with Crippen molar-refractivity contribution in [2.45, 2.75) is 101 Å². The van der Waals surface area contributed by atoms with E-state index in [-0.39, 0.29) is 30.7 Å². The normalized spacial score (nSPS) is 22.1. The molecule has 0 saturated carbocycles. The molecule has 2 N–H and O–H groups in total. The van der Waals surface area contributed by atoms with Gasteiger partial charge in [-0.3, -0.25) is 9.59 Å². The highest BCUT2D eigenvalue weighted by Crippen LogP contribution is 2.48. The van der Waals surface area contributed by atoms with Crippen molar-refractivity contribution in [2.75, 3.05) is 13.7 Å². The first-order chi connectivity index (χ1) is 28.2. The summed E-state index contributed by atoms with van der Waals surface area (Å²) in [5.41, 5.74) is 15.9. The third kappa shape index (κ3) is 8.66. The first kappa shape index (κ1) is 42.8. The van der Waals surface area contributed by atoms with Gasteiger partial charge in [0.05, 0.1) is 41.3 Å². The number of ether oxygens (including phenoxy) is 2. The number of nitrogens with zero attached hydrogens (tertiary/aromatic N) is 3. The van der Waals surface area contributed by atoms with Crippen LogP contribution in [0.5, 0.6) is 0 Å². The van der Waals surface area contributed by atoms with Gasteiger partial charge in [0.25, 0.3) is 0 Å². The van der Waals surface area contributed by atoms with Crippen LogP contribution in [0, 0.1) is 11.8 Å². The molecule has 0 radical (unpaired) electrons. The maximum absolute atomic E-state index is 13.6. The third-order valence-electron chi connectivity index (χ3n) is 11.9. The number of allylic oxidation sites excluding steroid dienone is 18. The van der Waals surface area contributed by atoms with E-state index in [0.717, 1.165) is 81.9 Å². The summed E-state index contributed by atoms with van der Waals surface area (Å²) >= 11 is 0. The van der Waals surface area contributed by atoms with Crippen LogP contribution in [0.3, 0.4) is 0 Å². The topological polar surface area (TPSA) is 122 Å². The van der Waals surface area contributed by atoms with Crippen molar-refractivity contribution in [2.24, 2.45) is 26.8 Å². The molecule has 0 amide bonds. The second-order valence-corrected chi connectivity index (χ2v) is 16.2. The van der Waals surface area contributed by atoms with Gasteiger partial charge in [-0.25, -0.2) is 15.0 Å². The zero-order valence-corrected chi connectivity index (χ0v) is 36.4. The summed E-state index contributed by atoms with van der Waals surface area (Å²) in [6.45, 7) is 22.9. The van der Waals surface area contributed by atoms with Crippen molar-refractivity contribution < 1.29 is 24.2 Å². The molecular weight excluding hydrogens is 737 g/mol. The smallest absolute Gasteiger partial charge is 0.321 e. The molecule has 0 unspecified atom stereocenters.